The molecule has 0 spiro atoms. The van der Waals surface area contributed by atoms with Crippen LogP contribution < -0.4 is 0 Å². The normalized spacial score (nSPS) is 11.0. The molecule has 0 N–H and O–H groups in total. The summed E-state index contributed by atoms with van der Waals surface area (Å²) in [6.07, 6.45) is 2.07. The van der Waals surface area contributed by atoms with Crippen molar-refractivity contribution in [2.45, 2.75) is 33.7 Å². The van der Waals surface area contributed by atoms with Crippen molar-refractivity contribution in [3.05, 3.63) is 70.5 Å². The monoisotopic (exact) mass is 321 g/mol. The number of nitrogens with zero attached hydrogens (tertiary/aromatic N) is 1. The number of furan rings is 1. The lowest BCUT2D eigenvalue weighted by Gasteiger charge is -2.18. The lowest BCUT2D eigenvalue weighted by Crippen LogP contribution is -2.27. The van der Waals surface area contributed by atoms with Gasteiger partial charge in [0.2, 0.25) is 5.91 Å². The van der Waals surface area contributed by atoms with E-state index in [1.807, 2.05) is 25.2 Å². The topological polar surface area (TPSA) is 33.5 Å². The van der Waals surface area contributed by atoms with Gasteiger partial charge in [-0.3, -0.25) is 4.79 Å². The Morgan fingerprint density at radius 2 is 1.71 bits per heavy atom. The molecule has 0 unspecified atom stereocenters. The van der Waals surface area contributed by atoms with Gasteiger partial charge in [0, 0.05) is 24.5 Å². The first-order chi connectivity index (χ1) is 11.5. The lowest BCUT2D eigenvalue weighted by molar-refractivity contribution is -0.129. The first kappa shape index (κ1) is 16.3. The van der Waals surface area contributed by atoms with Gasteiger partial charge >= 0.3 is 0 Å². The fourth-order valence-electron chi connectivity index (χ4n) is 2.90. The Morgan fingerprint density at radius 1 is 1.00 bits per heavy atom. The number of aryl methyl sites for hydroxylation is 3. The summed E-state index contributed by atoms with van der Waals surface area (Å²) < 4.78 is 5.63. The molecule has 3 nitrogen and oxygen atoms in total. The predicted molar refractivity (Wildman–Crippen MR) is 97.0 cm³/mol. The standard InChI is InChI=1S/C21H23NO2/c1-14-7-5-6-8-17(14)12-22(4)21(23)11-18-13-24-20-10-16(3)15(2)9-19(18)20/h5-10,13H,11-12H2,1-4H3. The fourth-order valence-corrected chi connectivity index (χ4v) is 2.90. The molecule has 0 saturated carbocycles. The molecule has 3 aromatic rings. The van der Waals surface area contributed by atoms with Crippen LogP contribution in [0.25, 0.3) is 11.0 Å². The number of hydrogen-bond acceptors (Lipinski definition) is 2. The summed E-state index contributed by atoms with van der Waals surface area (Å²) in [6, 6.07) is 12.3. The molecule has 0 saturated heterocycles. The van der Waals surface area contributed by atoms with E-state index in [0.717, 1.165) is 16.5 Å². The van der Waals surface area contributed by atoms with E-state index in [1.54, 1.807) is 11.2 Å². The van der Waals surface area contributed by atoms with Gasteiger partial charge in [-0.1, -0.05) is 24.3 Å². The second kappa shape index (κ2) is 6.52. The third kappa shape index (κ3) is 3.21. The first-order valence-electron chi connectivity index (χ1n) is 8.21. The molecule has 1 heterocycles. The van der Waals surface area contributed by atoms with Gasteiger partial charge in [0.15, 0.2) is 0 Å². The number of hydrogen-bond donors (Lipinski definition) is 0. The van der Waals surface area contributed by atoms with Gasteiger partial charge < -0.3 is 9.32 Å². The van der Waals surface area contributed by atoms with E-state index in [0.29, 0.717) is 13.0 Å². The highest BCUT2D eigenvalue weighted by atomic mass is 16.3. The van der Waals surface area contributed by atoms with E-state index in [9.17, 15) is 4.79 Å². The lowest BCUT2D eigenvalue weighted by atomic mass is 10.0. The summed E-state index contributed by atoms with van der Waals surface area (Å²) in [5.41, 5.74) is 6.60. The van der Waals surface area contributed by atoms with Gasteiger partial charge in [-0.25, -0.2) is 0 Å². The van der Waals surface area contributed by atoms with Crippen molar-refractivity contribution in [3.63, 3.8) is 0 Å². The summed E-state index contributed by atoms with van der Waals surface area (Å²) in [7, 11) is 1.85. The van der Waals surface area contributed by atoms with Crippen LogP contribution in [0, 0.1) is 20.8 Å². The van der Waals surface area contributed by atoms with Crippen LogP contribution in [0.2, 0.25) is 0 Å². The average Bonchev–Trinajstić information content (AvgIpc) is 2.92. The Morgan fingerprint density at radius 3 is 2.46 bits per heavy atom. The Bertz CT molecular complexity index is 892. The maximum absolute atomic E-state index is 12.6. The van der Waals surface area contributed by atoms with E-state index in [1.165, 1.54) is 22.3 Å². The van der Waals surface area contributed by atoms with E-state index in [4.69, 9.17) is 4.42 Å². The van der Waals surface area contributed by atoms with Crippen LogP contribution in [-0.2, 0) is 17.8 Å². The highest BCUT2D eigenvalue weighted by molar-refractivity contribution is 5.88. The van der Waals surface area contributed by atoms with Gasteiger partial charge in [0.1, 0.15) is 5.58 Å². The molecule has 1 aromatic heterocycles. The second-order valence-electron chi connectivity index (χ2n) is 6.55. The zero-order valence-electron chi connectivity index (χ0n) is 14.7. The number of fused-ring (bicyclic) bond motifs is 1. The van der Waals surface area contributed by atoms with Crippen molar-refractivity contribution in [3.8, 4) is 0 Å². The van der Waals surface area contributed by atoms with Crippen LogP contribution in [0.5, 0.6) is 0 Å². The van der Waals surface area contributed by atoms with Gasteiger partial charge in [-0.05, 0) is 55.2 Å². The van der Waals surface area contributed by atoms with E-state index < -0.39 is 0 Å². The molecule has 2 aromatic carbocycles. The van der Waals surface area contributed by atoms with Crippen LogP contribution in [0.3, 0.4) is 0 Å². The molecule has 3 rings (SSSR count). The van der Waals surface area contributed by atoms with Gasteiger partial charge in [0.25, 0.3) is 0 Å². The van der Waals surface area contributed by atoms with Crippen LogP contribution in [0.1, 0.15) is 27.8 Å². The molecule has 0 aliphatic heterocycles. The van der Waals surface area contributed by atoms with Crippen LogP contribution in [-0.4, -0.2) is 17.9 Å². The Labute approximate surface area is 142 Å². The van der Waals surface area contributed by atoms with Crippen molar-refractivity contribution in [1.29, 1.82) is 0 Å². The van der Waals surface area contributed by atoms with E-state index >= 15 is 0 Å². The largest absolute Gasteiger partial charge is 0.464 e. The second-order valence-corrected chi connectivity index (χ2v) is 6.55. The Hall–Kier alpha value is -2.55. The SMILES string of the molecule is Cc1cc2occ(CC(=O)N(C)Cc3ccccc3C)c2cc1C. The smallest absolute Gasteiger partial charge is 0.227 e. The number of carbonyl (C=O) groups is 1. The third-order valence-electron chi connectivity index (χ3n) is 4.71. The molecule has 3 heteroatoms. The van der Waals surface area contributed by atoms with Gasteiger partial charge in [0.05, 0.1) is 12.7 Å². The minimum Gasteiger partial charge on any atom is -0.464 e. The van der Waals surface area contributed by atoms with Crippen LogP contribution >= 0.6 is 0 Å². The maximum Gasteiger partial charge on any atom is 0.227 e. The summed E-state index contributed by atoms with van der Waals surface area (Å²) in [5, 5.41) is 1.04. The molecule has 24 heavy (non-hydrogen) atoms. The average molecular weight is 321 g/mol. The molecule has 0 fully saturated rings. The molecule has 1 amide bonds. The molecule has 0 aliphatic carbocycles. The number of amides is 1. The number of benzene rings is 2. The summed E-state index contributed by atoms with van der Waals surface area (Å²) in [6.45, 7) is 6.84. The van der Waals surface area contributed by atoms with E-state index in [-0.39, 0.29) is 5.91 Å². The number of carbonyl (C=O) groups excluding carboxylic acids is 1. The fraction of sp³-hybridized carbons (Fsp3) is 0.286. The van der Waals surface area contributed by atoms with Crippen molar-refractivity contribution in [2.75, 3.05) is 7.05 Å². The summed E-state index contributed by atoms with van der Waals surface area (Å²) in [5.74, 6) is 0.0965. The van der Waals surface area contributed by atoms with Crippen molar-refractivity contribution >= 4 is 16.9 Å². The van der Waals surface area contributed by atoms with Crippen molar-refractivity contribution in [2.24, 2.45) is 0 Å². The zero-order valence-corrected chi connectivity index (χ0v) is 14.7. The Balaban J connectivity index is 1.77. The minimum atomic E-state index is 0.0965. The van der Waals surface area contributed by atoms with Gasteiger partial charge in [-0.15, -0.1) is 0 Å². The van der Waals surface area contributed by atoms with Crippen molar-refractivity contribution in [1.82, 2.24) is 4.90 Å². The highest BCUT2D eigenvalue weighted by Gasteiger charge is 2.15. The van der Waals surface area contributed by atoms with E-state index in [2.05, 4.69) is 39.0 Å². The van der Waals surface area contributed by atoms with Crippen LogP contribution in [0.4, 0.5) is 0 Å². The highest BCUT2D eigenvalue weighted by Crippen LogP contribution is 2.25. The first-order valence-corrected chi connectivity index (χ1v) is 8.21. The molecule has 0 bridgehead atoms. The van der Waals surface area contributed by atoms with Crippen molar-refractivity contribution < 1.29 is 9.21 Å². The zero-order chi connectivity index (χ0) is 17.3. The third-order valence-corrected chi connectivity index (χ3v) is 4.71. The predicted octanol–water partition coefficient (Wildman–Crippen LogP) is 4.56. The molecule has 0 atom stereocenters. The quantitative estimate of drug-likeness (QED) is 0.706. The molecule has 0 radical (unpaired) electrons. The maximum atomic E-state index is 12.6. The minimum absolute atomic E-state index is 0.0965. The molecular weight excluding hydrogens is 298 g/mol. The Kier molecular flexibility index (Phi) is 4.43. The van der Waals surface area contributed by atoms with Gasteiger partial charge in [-0.2, -0.15) is 0 Å². The number of rotatable bonds is 4. The molecular formula is C21H23NO2. The summed E-state index contributed by atoms with van der Waals surface area (Å²) in [4.78, 5) is 14.4. The summed E-state index contributed by atoms with van der Waals surface area (Å²) >= 11 is 0. The molecule has 0 aliphatic rings. The van der Waals surface area contributed by atoms with Crippen LogP contribution in [0.15, 0.2) is 47.1 Å². The number of likely N-dealkylation sites (N-methyl/N-ethyl adjacent to an activating group) is 1. The molecule has 124 valence electrons.